The Labute approximate surface area is 165 Å². The number of anilines is 1. The Hall–Kier alpha value is -2.70. The van der Waals surface area contributed by atoms with Crippen LogP contribution in [0.15, 0.2) is 54.9 Å². The summed E-state index contributed by atoms with van der Waals surface area (Å²) in [4.78, 5) is 6.58. The molecule has 3 aromatic rings. The van der Waals surface area contributed by atoms with Gasteiger partial charge in [0.1, 0.15) is 5.82 Å². The molecule has 0 aliphatic carbocycles. The molecule has 1 atom stereocenters. The van der Waals surface area contributed by atoms with Crippen molar-refractivity contribution in [2.24, 2.45) is 0 Å². The van der Waals surface area contributed by atoms with Crippen LogP contribution in [0.5, 0.6) is 0 Å². The van der Waals surface area contributed by atoms with Crippen LogP contribution in [0.25, 0.3) is 11.1 Å². The summed E-state index contributed by atoms with van der Waals surface area (Å²) in [6.45, 7) is 4.51. The largest absolute Gasteiger partial charge is 0.384 e. The SMILES string of the molecule is Nc1cc(-c2cn[nH]c2C2CCCN(CCOCc3ccccc3)C2)ccn1. The van der Waals surface area contributed by atoms with Crippen LogP contribution >= 0.6 is 0 Å². The maximum atomic E-state index is 5.87. The van der Waals surface area contributed by atoms with Gasteiger partial charge in [0.2, 0.25) is 0 Å². The molecule has 3 N–H and O–H groups in total. The van der Waals surface area contributed by atoms with Crippen LogP contribution in [0.2, 0.25) is 0 Å². The van der Waals surface area contributed by atoms with E-state index >= 15 is 0 Å². The minimum atomic E-state index is 0.440. The van der Waals surface area contributed by atoms with Crippen molar-refractivity contribution in [3.05, 3.63) is 66.1 Å². The first-order valence-electron chi connectivity index (χ1n) is 9.89. The molecule has 0 radical (unpaired) electrons. The number of hydrogen-bond acceptors (Lipinski definition) is 5. The predicted octanol–water partition coefficient (Wildman–Crippen LogP) is 3.45. The summed E-state index contributed by atoms with van der Waals surface area (Å²) in [6, 6.07) is 14.2. The Morgan fingerprint density at radius 1 is 1.21 bits per heavy atom. The highest BCUT2D eigenvalue weighted by molar-refractivity contribution is 5.67. The molecule has 2 aromatic heterocycles. The van der Waals surface area contributed by atoms with Crippen molar-refractivity contribution < 1.29 is 4.74 Å². The zero-order valence-corrected chi connectivity index (χ0v) is 16.1. The zero-order valence-electron chi connectivity index (χ0n) is 16.1. The molecule has 1 aliphatic rings. The smallest absolute Gasteiger partial charge is 0.123 e. The first kappa shape index (κ1) is 18.7. The average Bonchev–Trinajstić information content (AvgIpc) is 3.22. The molecular formula is C22H27N5O. The van der Waals surface area contributed by atoms with E-state index in [2.05, 4.69) is 32.2 Å². The molecule has 3 heterocycles. The van der Waals surface area contributed by atoms with Crippen LogP contribution in [-0.4, -0.2) is 46.3 Å². The van der Waals surface area contributed by atoms with Gasteiger partial charge in [-0.15, -0.1) is 0 Å². The van der Waals surface area contributed by atoms with E-state index in [9.17, 15) is 0 Å². The van der Waals surface area contributed by atoms with E-state index in [0.29, 0.717) is 18.3 Å². The lowest BCUT2D eigenvalue weighted by atomic mass is 9.91. The number of aromatic nitrogens is 3. The molecule has 1 aliphatic heterocycles. The van der Waals surface area contributed by atoms with Gasteiger partial charge in [-0.2, -0.15) is 5.10 Å². The lowest BCUT2D eigenvalue weighted by Crippen LogP contribution is -2.36. The van der Waals surface area contributed by atoms with Gasteiger partial charge in [0.05, 0.1) is 19.4 Å². The Balaban J connectivity index is 1.34. The van der Waals surface area contributed by atoms with Gasteiger partial charge in [0.15, 0.2) is 0 Å². The number of nitrogens with two attached hydrogens (primary N) is 1. The Morgan fingerprint density at radius 2 is 2.11 bits per heavy atom. The fraction of sp³-hybridized carbons (Fsp3) is 0.364. The van der Waals surface area contributed by atoms with Gasteiger partial charge in [0, 0.05) is 36.5 Å². The number of ether oxygens (including phenoxy) is 1. The second-order valence-electron chi connectivity index (χ2n) is 7.34. The second kappa shape index (κ2) is 8.99. The molecule has 6 nitrogen and oxygen atoms in total. The monoisotopic (exact) mass is 377 g/mol. The summed E-state index contributed by atoms with van der Waals surface area (Å²) < 4.78 is 5.87. The van der Waals surface area contributed by atoms with Crippen molar-refractivity contribution in [3.63, 3.8) is 0 Å². The number of nitrogen functional groups attached to an aromatic ring is 1. The fourth-order valence-corrected chi connectivity index (χ4v) is 3.91. The Morgan fingerprint density at radius 3 is 2.96 bits per heavy atom. The van der Waals surface area contributed by atoms with Crippen LogP contribution in [-0.2, 0) is 11.3 Å². The number of piperidine rings is 1. The van der Waals surface area contributed by atoms with Crippen molar-refractivity contribution in [1.29, 1.82) is 0 Å². The standard InChI is InChI=1S/C22H27N5O/c23-21-13-18(8-9-24-21)20-14-25-26-22(20)19-7-4-10-27(15-19)11-12-28-16-17-5-2-1-3-6-17/h1-3,5-6,8-9,13-14,19H,4,7,10-12,15-16H2,(H2,23,24)(H,25,26). The van der Waals surface area contributed by atoms with Crippen LogP contribution in [0, 0.1) is 0 Å². The molecule has 28 heavy (non-hydrogen) atoms. The molecule has 4 rings (SSSR count). The van der Waals surface area contributed by atoms with E-state index < -0.39 is 0 Å². The third-order valence-corrected chi connectivity index (χ3v) is 5.34. The van der Waals surface area contributed by atoms with Gasteiger partial charge in [-0.1, -0.05) is 30.3 Å². The molecule has 1 aromatic carbocycles. The predicted molar refractivity (Wildman–Crippen MR) is 111 cm³/mol. The number of H-pyrrole nitrogens is 1. The molecular weight excluding hydrogens is 350 g/mol. The van der Waals surface area contributed by atoms with Gasteiger partial charge in [-0.05, 0) is 42.6 Å². The van der Waals surface area contributed by atoms with Gasteiger partial charge < -0.3 is 15.4 Å². The van der Waals surface area contributed by atoms with Crippen molar-refractivity contribution >= 4 is 5.82 Å². The third kappa shape index (κ3) is 4.58. The minimum Gasteiger partial charge on any atom is -0.384 e. The summed E-state index contributed by atoms with van der Waals surface area (Å²) in [6.07, 6.45) is 5.99. The molecule has 146 valence electrons. The molecule has 0 saturated carbocycles. The highest BCUT2D eigenvalue weighted by atomic mass is 16.5. The van der Waals surface area contributed by atoms with E-state index in [1.165, 1.54) is 17.7 Å². The number of nitrogens with zero attached hydrogens (tertiary/aromatic N) is 3. The molecule has 0 bridgehead atoms. The van der Waals surface area contributed by atoms with Crippen molar-refractivity contribution in [2.75, 3.05) is 32.0 Å². The van der Waals surface area contributed by atoms with Crippen LogP contribution < -0.4 is 5.73 Å². The molecule has 1 saturated heterocycles. The highest BCUT2D eigenvalue weighted by Gasteiger charge is 2.25. The topological polar surface area (TPSA) is 80.1 Å². The number of hydrogen-bond donors (Lipinski definition) is 2. The van der Waals surface area contributed by atoms with E-state index in [1.54, 1.807) is 6.20 Å². The van der Waals surface area contributed by atoms with Crippen molar-refractivity contribution in [1.82, 2.24) is 20.1 Å². The van der Waals surface area contributed by atoms with Gasteiger partial charge >= 0.3 is 0 Å². The van der Waals surface area contributed by atoms with Gasteiger partial charge in [0.25, 0.3) is 0 Å². The lowest BCUT2D eigenvalue weighted by molar-refractivity contribution is 0.0827. The fourth-order valence-electron chi connectivity index (χ4n) is 3.91. The van der Waals surface area contributed by atoms with Crippen LogP contribution in [0.4, 0.5) is 5.82 Å². The quantitative estimate of drug-likeness (QED) is 0.617. The lowest BCUT2D eigenvalue weighted by Gasteiger charge is -2.32. The first-order chi connectivity index (χ1) is 13.8. The summed E-state index contributed by atoms with van der Waals surface area (Å²) in [7, 11) is 0. The van der Waals surface area contributed by atoms with E-state index in [1.807, 2.05) is 36.5 Å². The number of benzene rings is 1. The summed E-state index contributed by atoms with van der Waals surface area (Å²) in [5, 5.41) is 7.54. The molecule has 0 spiro atoms. The highest BCUT2D eigenvalue weighted by Crippen LogP contribution is 2.33. The normalized spacial score (nSPS) is 17.6. The number of nitrogens with one attached hydrogen (secondary N) is 1. The van der Waals surface area contributed by atoms with Gasteiger partial charge in [-0.3, -0.25) is 5.10 Å². The van der Waals surface area contributed by atoms with Crippen LogP contribution in [0.3, 0.4) is 0 Å². The maximum Gasteiger partial charge on any atom is 0.123 e. The number of pyridine rings is 1. The maximum absolute atomic E-state index is 5.87. The number of likely N-dealkylation sites (tertiary alicyclic amines) is 1. The minimum absolute atomic E-state index is 0.440. The molecule has 1 fully saturated rings. The summed E-state index contributed by atoms with van der Waals surface area (Å²) in [5.41, 5.74) is 10.5. The zero-order chi connectivity index (χ0) is 19.2. The van der Waals surface area contributed by atoms with Crippen LogP contribution in [0.1, 0.15) is 30.0 Å². The Bertz CT molecular complexity index is 879. The summed E-state index contributed by atoms with van der Waals surface area (Å²) >= 11 is 0. The average molecular weight is 377 g/mol. The summed E-state index contributed by atoms with van der Waals surface area (Å²) in [5.74, 6) is 0.972. The molecule has 1 unspecified atom stereocenters. The van der Waals surface area contributed by atoms with E-state index in [-0.39, 0.29) is 0 Å². The number of rotatable bonds is 7. The third-order valence-electron chi connectivity index (χ3n) is 5.34. The molecule has 6 heteroatoms. The number of aromatic amines is 1. The molecule has 0 amide bonds. The van der Waals surface area contributed by atoms with Crippen molar-refractivity contribution in [2.45, 2.75) is 25.4 Å². The van der Waals surface area contributed by atoms with E-state index in [0.717, 1.165) is 43.8 Å². The van der Waals surface area contributed by atoms with E-state index in [4.69, 9.17) is 10.5 Å². The van der Waals surface area contributed by atoms with Gasteiger partial charge in [-0.25, -0.2) is 4.98 Å². The van der Waals surface area contributed by atoms with Crippen molar-refractivity contribution in [3.8, 4) is 11.1 Å². The Kier molecular flexibility index (Phi) is 5.99. The first-order valence-corrected chi connectivity index (χ1v) is 9.89. The second-order valence-corrected chi connectivity index (χ2v) is 7.34.